The number of carboxylic acids is 1. The summed E-state index contributed by atoms with van der Waals surface area (Å²) in [6.07, 6.45) is 6.88. The maximum atomic E-state index is 11.8. The lowest BCUT2D eigenvalue weighted by molar-refractivity contribution is -0.139. The van der Waals surface area contributed by atoms with Crippen LogP contribution in [-0.2, 0) is 17.9 Å². The predicted molar refractivity (Wildman–Crippen MR) is 178 cm³/mol. The van der Waals surface area contributed by atoms with Gasteiger partial charge in [-0.3, -0.25) is 9.69 Å². The first kappa shape index (κ1) is 30.6. The minimum atomic E-state index is -0.825. The van der Waals surface area contributed by atoms with Crippen LogP contribution in [0.5, 0.6) is 5.75 Å². The number of benzene rings is 3. The molecule has 0 aliphatic carbocycles. The van der Waals surface area contributed by atoms with Gasteiger partial charge in [0.15, 0.2) is 0 Å². The van der Waals surface area contributed by atoms with Crippen LogP contribution in [0.2, 0.25) is 0 Å². The first-order valence-electron chi connectivity index (χ1n) is 15.4. The molecule has 1 atom stereocenters. The summed E-state index contributed by atoms with van der Waals surface area (Å²) in [5, 5.41) is 12.9. The van der Waals surface area contributed by atoms with Crippen LogP contribution in [0.4, 0.5) is 0 Å². The van der Waals surface area contributed by atoms with Crippen molar-refractivity contribution in [3.8, 4) is 16.9 Å². The maximum Gasteiger partial charge on any atom is 0.317 e. The van der Waals surface area contributed by atoms with Crippen molar-refractivity contribution in [3.05, 3.63) is 112 Å². The minimum absolute atomic E-state index is 0.0244. The van der Waals surface area contributed by atoms with Crippen LogP contribution in [0.15, 0.2) is 90.4 Å². The Morgan fingerprint density at radius 3 is 2.37 bits per heavy atom. The van der Waals surface area contributed by atoms with Crippen LogP contribution in [0, 0.1) is 0 Å². The number of ether oxygens (including phenoxy) is 1. The van der Waals surface area contributed by atoms with Gasteiger partial charge in [0.2, 0.25) is 0 Å². The molecule has 2 aromatic heterocycles. The number of rotatable bonds is 15. The van der Waals surface area contributed by atoms with Crippen molar-refractivity contribution in [2.45, 2.75) is 71.6 Å². The van der Waals surface area contributed by atoms with E-state index in [1.807, 2.05) is 29.3 Å². The van der Waals surface area contributed by atoms with Gasteiger partial charge in [-0.25, -0.2) is 0 Å². The number of hydrogen-bond donors (Lipinski definition) is 2. The Hall–Kier alpha value is -3.87. The van der Waals surface area contributed by atoms with Gasteiger partial charge in [-0.15, -0.1) is 11.3 Å². The van der Waals surface area contributed by atoms with Crippen molar-refractivity contribution in [3.63, 3.8) is 0 Å². The van der Waals surface area contributed by atoms with Crippen molar-refractivity contribution >= 4 is 28.2 Å². The lowest BCUT2D eigenvalue weighted by atomic mass is 9.90. The second kappa shape index (κ2) is 14.5. The average Bonchev–Trinajstić information content (AvgIpc) is 3.67. The summed E-state index contributed by atoms with van der Waals surface area (Å²) < 4.78 is 6.10. The summed E-state index contributed by atoms with van der Waals surface area (Å²) in [6.45, 7) is 7.66. The highest BCUT2D eigenvalue weighted by molar-refractivity contribution is 7.10. The van der Waals surface area contributed by atoms with E-state index in [4.69, 9.17) is 4.74 Å². The third kappa shape index (κ3) is 7.75. The molecule has 43 heavy (non-hydrogen) atoms. The highest BCUT2D eigenvalue weighted by Crippen LogP contribution is 2.32. The van der Waals surface area contributed by atoms with E-state index < -0.39 is 5.97 Å². The second-order valence-corrected chi connectivity index (χ2v) is 12.4. The van der Waals surface area contributed by atoms with E-state index in [1.165, 1.54) is 31.2 Å². The van der Waals surface area contributed by atoms with E-state index in [9.17, 15) is 9.90 Å². The largest absolute Gasteiger partial charge is 0.489 e. The minimum Gasteiger partial charge on any atom is -0.489 e. The number of nitrogens with one attached hydrogen (secondary N) is 1. The SMILES string of the molecule is CCCC(CCC)c1ccc(OCc2ccc(-c3csc(CN(CC(=O)O)C(C)c4c[nH]c5ccccc45)c3)cc2)cc1. The van der Waals surface area contributed by atoms with Gasteiger partial charge in [-0.1, -0.05) is 81.3 Å². The van der Waals surface area contributed by atoms with E-state index in [0.717, 1.165) is 43.8 Å². The average molecular weight is 595 g/mol. The molecule has 1 unspecified atom stereocenters. The third-order valence-corrected chi connectivity index (χ3v) is 9.21. The second-order valence-electron chi connectivity index (χ2n) is 11.4. The number of fused-ring (bicyclic) bond motifs is 1. The van der Waals surface area contributed by atoms with Gasteiger partial charge in [-0.05, 0) is 83.1 Å². The molecule has 5 nitrogen and oxygen atoms in total. The predicted octanol–water partition coefficient (Wildman–Crippen LogP) is 9.81. The van der Waals surface area contributed by atoms with Gasteiger partial charge in [0.1, 0.15) is 12.4 Å². The molecule has 5 rings (SSSR count). The quantitative estimate of drug-likeness (QED) is 0.127. The van der Waals surface area contributed by atoms with Crippen molar-refractivity contribution in [2.24, 2.45) is 0 Å². The molecule has 224 valence electrons. The van der Waals surface area contributed by atoms with Crippen LogP contribution in [-0.4, -0.2) is 27.5 Å². The molecule has 2 heterocycles. The lowest BCUT2D eigenvalue weighted by Gasteiger charge is -2.27. The van der Waals surface area contributed by atoms with Crippen molar-refractivity contribution in [1.29, 1.82) is 0 Å². The Morgan fingerprint density at radius 1 is 0.953 bits per heavy atom. The Morgan fingerprint density at radius 2 is 1.67 bits per heavy atom. The summed E-state index contributed by atoms with van der Waals surface area (Å²) in [5.74, 6) is 0.710. The standard InChI is InChI=1S/C37H42N2O3S/c1-4-8-28(9-5-2)29-16-18-32(19-17-29)42-24-27-12-14-30(15-13-27)31-20-33(43-25-31)22-39(23-37(40)41)26(3)35-21-38-36-11-7-6-10-34(35)36/h6-7,10-21,25-26,28,38H,4-5,8-9,22-24H2,1-3H3,(H,40,41). The summed E-state index contributed by atoms with van der Waals surface area (Å²) in [6, 6.07) is 27.4. The van der Waals surface area contributed by atoms with Crippen LogP contribution in [0.25, 0.3) is 22.0 Å². The number of carbonyl (C=O) groups is 1. The molecule has 5 aromatic rings. The van der Waals surface area contributed by atoms with E-state index in [0.29, 0.717) is 19.1 Å². The normalized spacial score (nSPS) is 12.3. The van der Waals surface area contributed by atoms with Crippen LogP contribution >= 0.6 is 11.3 Å². The van der Waals surface area contributed by atoms with Gasteiger partial charge in [0.05, 0.1) is 6.54 Å². The van der Waals surface area contributed by atoms with Crippen LogP contribution in [0.3, 0.4) is 0 Å². The Labute approximate surface area is 259 Å². The third-order valence-electron chi connectivity index (χ3n) is 8.29. The molecule has 0 radical (unpaired) electrons. The molecular weight excluding hydrogens is 552 g/mol. The first-order chi connectivity index (χ1) is 20.9. The van der Waals surface area contributed by atoms with Gasteiger partial charge in [0.25, 0.3) is 0 Å². The van der Waals surface area contributed by atoms with Crippen molar-refractivity contribution in [2.75, 3.05) is 6.54 Å². The molecule has 0 saturated heterocycles. The number of aromatic amines is 1. The molecule has 0 aliphatic rings. The van der Waals surface area contributed by atoms with Crippen LogP contribution in [0.1, 0.15) is 80.0 Å². The fourth-order valence-electron chi connectivity index (χ4n) is 5.93. The lowest BCUT2D eigenvalue weighted by Crippen LogP contribution is -2.31. The van der Waals surface area contributed by atoms with E-state index in [2.05, 4.69) is 91.8 Å². The van der Waals surface area contributed by atoms with E-state index in [1.54, 1.807) is 11.3 Å². The molecule has 0 aliphatic heterocycles. The highest BCUT2D eigenvalue weighted by atomic mass is 32.1. The first-order valence-corrected chi connectivity index (χ1v) is 16.2. The summed E-state index contributed by atoms with van der Waals surface area (Å²) >= 11 is 1.67. The molecule has 0 bridgehead atoms. The molecule has 2 N–H and O–H groups in total. The number of nitrogens with zero attached hydrogens (tertiary/aromatic N) is 1. The van der Waals surface area contributed by atoms with E-state index >= 15 is 0 Å². The molecule has 0 spiro atoms. The summed E-state index contributed by atoms with van der Waals surface area (Å²) in [4.78, 5) is 18.3. The number of carboxylic acid groups (broad SMARTS) is 1. The van der Waals surface area contributed by atoms with E-state index in [-0.39, 0.29) is 12.6 Å². The molecule has 0 saturated carbocycles. The Balaban J connectivity index is 1.21. The zero-order valence-electron chi connectivity index (χ0n) is 25.4. The molecular formula is C37H42N2O3S. The van der Waals surface area contributed by atoms with Crippen LogP contribution < -0.4 is 4.74 Å². The van der Waals surface area contributed by atoms with Gasteiger partial charge < -0.3 is 14.8 Å². The number of H-pyrrole nitrogens is 1. The van der Waals surface area contributed by atoms with Gasteiger partial charge in [0, 0.05) is 34.6 Å². The zero-order valence-corrected chi connectivity index (χ0v) is 26.2. The van der Waals surface area contributed by atoms with Crippen molar-refractivity contribution in [1.82, 2.24) is 9.88 Å². The molecule has 0 amide bonds. The molecule has 6 heteroatoms. The maximum absolute atomic E-state index is 11.8. The van der Waals surface area contributed by atoms with Gasteiger partial charge in [-0.2, -0.15) is 0 Å². The number of thiophene rings is 1. The monoisotopic (exact) mass is 594 g/mol. The molecule has 3 aromatic carbocycles. The van der Waals surface area contributed by atoms with Crippen molar-refractivity contribution < 1.29 is 14.6 Å². The smallest absolute Gasteiger partial charge is 0.317 e. The summed E-state index contributed by atoms with van der Waals surface area (Å²) in [7, 11) is 0. The zero-order chi connectivity index (χ0) is 30.2. The highest BCUT2D eigenvalue weighted by Gasteiger charge is 2.22. The topological polar surface area (TPSA) is 65.6 Å². The fourth-order valence-corrected chi connectivity index (χ4v) is 6.84. The fraction of sp³-hybridized carbons (Fsp3) is 0.324. The number of hydrogen-bond acceptors (Lipinski definition) is 4. The summed E-state index contributed by atoms with van der Waals surface area (Å²) in [5.41, 5.74) is 6.99. The number of aliphatic carboxylic acids is 1. The number of para-hydroxylation sites is 1. The number of aromatic nitrogens is 1. The Bertz CT molecular complexity index is 1600. The Kier molecular flexibility index (Phi) is 10.3. The van der Waals surface area contributed by atoms with Gasteiger partial charge >= 0.3 is 5.97 Å². The molecule has 0 fully saturated rings.